The monoisotopic (exact) mass is 237 g/mol. The summed E-state index contributed by atoms with van der Waals surface area (Å²) >= 11 is 0. The van der Waals surface area contributed by atoms with Crippen LogP contribution in [0.4, 0.5) is 0 Å². The molecule has 3 aromatic rings. The molecule has 1 unspecified atom stereocenters. The molecule has 1 heterocycles. The van der Waals surface area contributed by atoms with Crippen LogP contribution in [0.3, 0.4) is 0 Å². The summed E-state index contributed by atoms with van der Waals surface area (Å²) in [5.41, 5.74) is 9.28. The van der Waals surface area contributed by atoms with E-state index in [0.717, 1.165) is 22.2 Å². The predicted molar refractivity (Wildman–Crippen MR) is 73.7 cm³/mol. The van der Waals surface area contributed by atoms with Gasteiger partial charge in [-0.15, -0.1) is 0 Å². The Balaban J connectivity index is 2.27. The van der Waals surface area contributed by atoms with E-state index in [-0.39, 0.29) is 6.04 Å². The molecule has 0 amide bonds. The highest BCUT2D eigenvalue weighted by molar-refractivity contribution is 5.80. The summed E-state index contributed by atoms with van der Waals surface area (Å²) in [7, 11) is 0. The van der Waals surface area contributed by atoms with Gasteiger partial charge in [0, 0.05) is 11.4 Å². The number of para-hydroxylation sites is 2. The second-order valence-corrected chi connectivity index (χ2v) is 4.46. The van der Waals surface area contributed by atoms with Crippen molar-refractivity contribution in [3.8, 4) is 5.69 Å². The van der Waals surface area contributed by atoms with Crippen LogP contribution in [0.15, 0.2) is 54.7 Å². The van der Waals surface area contributed by atoms with Crippen molar-refractivity contribution in [3.05, 3.63) is 60.3 Å². The maximum Gasteiger partial charge on any atom is 0.0741 e. The van der Waals surface area contributed by atoms with Gasteiger partial charge in [-0.2, -0.15) is 5.10 Å². The van der Waals surface area contributed by atoms with Crippen LogP contribution in [0.5, 0.6) is 0 Å². The maximum absolute atomic E-state index is 6.02. The fraction of sp³-hybridized carbons (Fsp3) is 0.133. The second-order valence-electron chi connectivity index (χ2n) is 4.46. The van der Waals surface area contributed by atoms with Crippen molar-refractivity contribution in [3.63, 3.8) is 0 Å². The van der Waals surface area contributed by atoms with Gasteiger partial charge in [0.05, 0.1) is 17.4 Å². The Morgan fingerprint density at radius 1 is 1.06 bits per heavy atom. The van der Waals surface area contributed by atoms with Crippen molar-refractivity contribution in [2.45, 2.75) is 13.0 Å². The lowest BCUT2D eigenvalue weighted by Gasteiger charge is -2.13. The molecule has 0 saturated carbocycles. The van der Waals surface area contributed by atoms with E-state index < -0.39 is 0 Å². The van der Waals surface area contributed by atoms with Crippen LogP contribution in [-0.2, 0) is 0 Å². The van der Waals surface area contributed by atoms with Crippen LogP contribution >= 0.6 is 0 Å². The highest BCUT2D eigenvalue weighted by Gasteiger charge is 2.10. The van der Waals surface area contributed by atoms with E-state index in [2.05, 4.69) is 29.4 Å². The van der Waals surface area contributed by atoms with E-state index in [1.807, 2.05) is 42.1 Å². The SMILES string of the molecule is CC(N)c1ccccc1-n1ncc2ccccc21. The zero-order chi connectivity index (χ0) is 12.5. The Bertz CT molecular complexity index is 683. The molecule has 1 atom stereocenters. The Morgan fingerprint density at radius 2 is 1.78 bits per heavy atom. The quantitative estimate of drug-likeness (QED) is 0.744. The molecule has 2 N–H and O–H groups in total. The molecule has 2 aromatic carbocycles. The average molecular weight is 237 g/mol. The van der Waals surface area contributed by atoms with Gasteiger partial charge in [-0.3, -0.25) is 0 Å². The largest absolute Gasteiger partial charge is 0.324 e. The first-order chi connectivity index (χ1) is 8.77. The molecule has 0 radical (unpaired) electrons. The maximum atomic E-state index is 6.02. The van der Waals surface area contributed by atoms with E-state index in [4.69, 9.17) is 5.73 Å². The molecule has 1 aromatic heterocycles. The van der Waals surface area contributed by atoms with Gasteiger partial charge >= 0.3 is 0 Å². The van der Waals surface area contributed by atoms with Gasteiger partial charge in [-0.25, -0.2) is 4.68 Å². The molecule has 0 aliphatic rings. The predicted octanol–water partition coefficient (Wildman–Crippen LogP) is 3.05. The summed E-state index contributed by atoms with van der Waals surface area (Å²) < 4.78 is 1.95. The van der Waals surface area contributed by atoms with Gasteiger partial charge in [-0.05, 0) is 24.6 Å². The fourth-order valence-corrected chi connectivity index (χ4v) is 2.23. The lowest BCUT2D eigenvalue weighted by molar-refractivity contribution is 0.789. The Morgan fingerprint density at radius 3 is 2.61 bits per heavy atom. The van der Waals surface area contributed by atoms with E-state index >= 15 is 0 Å². The summed E-state index contributed by atoms with van der Waals surface area (Å²) in [5.74, 6) is 0. The first kappa shape index (κ1) is 11.0. The molecular formula is C15H15N3. The van der Waals surface area contributed by atoms with Crippen molar-refractivity contribution >= 4 is 10.9 Å². The minimum absolute atomic E-state index is 0.0100. The second kappa shape index (κ2) is 4.27. The van der Waals surface area contributed by atoms with Gasteiger partial charge in [0.15, 0.2) is 0 Å². The number of hydrogen-bond acceptors (Lipinski definition) is 2. The van der Waals surface area contributed by atoms with Gasteiger partial charge < -0.3 is 5.73 Å². The number of fused-ring (bicyclic) bond motifs is 1. The van der Waals surface area contributed by atoms with Crippen molar-refractivity contribution in [2.75, 3.05) is 0 Å². The van der Waals surface area contributed by atoms with Crippen LogP contribution in [0.25, 0.3) is 16.6 Å². The van der Waals surface area contributed by atoms with Gasteiger partial charge in [-0.1, -0.05) is 36.4 Å². The van der Waals surface area contributed by atoms with Gasteiger partial charge in [0.2, 0.25) is 0 Å². The van der Waals surface area contributed by atoms with Crippen LogP contribution in [0.2, 0.25) is 0 Å². The molecule has 0 fully saturated rings. The molecule has 0 saturated heterocycles. The molecule has 18 heavy (non-hydrogen) atoms. The van der Waals surface area contributed by atoms with Crippen LogP contribution in [0, 0.1) is 0 Å². The summed E-state index contributed by atoms with van der Waals surface area (Å²) in [5, 5.41) is 5.61. The molecule has 3 rings (SSSR count). The normalized spacial score (nSPS) is 12.8. The first-order valence-corrected chi connectivity index (χ1v) is 6.05. The van der Waals surface area contributed by atoms with E-state index in [1.54, 1.807) is 0 Å². The minimum Gasteiger partial charge on any atom is -0.324 e. The van der Waals surface area contributed by atoms with Crippen molar-refractivity contribution in [1.29, 1.82) is 0 Å². The number of benzene rings is 2. The van der Waals surface area contributed by atoms with E-state index in [0.29, 0.717) is 0 Å². The first-order valence-electron chi connectivity index (χ1n) is 6.05. The zero-order valence-corrected chi connectivity index (χ0v) is 10.2. The summed E-state index contributed by atoms with van der Waals surface area (Å²) in [6, 6.07) is 16.3. The lowest BCUT2D eigenvalue weighted by Crippen LogP contribution is -2.10. The molecule has 3 nitrogen and oxygen atoms in total. The summed E-state index contributed by atoms with van der Waals surface area (Å²) in [6.07, 6.45) is 1.88. The Hall–Kier alpha value is -2.13. The van der Waals surface area contributed by atoms with Gasteiger partial charge in [0.25, 0.3) is 0 Å². The van der Waals surface area contributed by atoms with E-state index in [9.17, 15) is 0 Å². The minimum atomic E-state index is -0.0100. The highest BCUT2D eigenvalue weighted by Crippen LogP contribution is 2.23. The highest BCUT2D eigenvalue weighted by atomic mass is 15.3. The number of nitrogens with zero attached hydrogens (tertiary/aromatic N) is 2. The molecular weight excluding hydrogens is 222 g/mol. The van der Waals surface area contributed by atoms with Gasteiger partial charge in [0.1, 0.15) is 0 Å². The lowest BCUT2D eigenvalue weighted by atomic mass is 10.1. The van der Waals surface area contributed by atoms with Crippen LogP contribution < -0.4 is 5.73 Å². The molecule has 90 valence electrons. The fourth-order valence-electron chi connectivity index (χ4n) is 2.23. The molecule has 0 bridgehead atoms. The van der Waals surface area contributed by atoms with Crippen molar-refractivity contribution in [2.24, 2.45) is 5.73 Å². The third-order valence-electron chi connectivity index (χ3n) is 3.13. The molecule has 0 spiro atoms. The van der Waals surface area contributed by atoms with Crippen molar-refractivity contribution < 1.29 is 0 Å². The van der Waals surface area contributed by atoms with Crippen LogP contribution in [0.1, 0.15) is 18.5 Å². The van der Waals surface area contributed by atoms with Crippen LogP contribution in [-0.4, -0.2) is 9.78 Å². The topological polar surface area (TPSA) is 43.8 Å². The third-order valence-corrected chi connectivity index (χ3v) is 3.13. The smallest absolute Gasteiger partial charge is 0.0741 e. The zero-order valence-electron chi connectivity index (χ0n) is 10.2. The van der Waals surface area contributed by atoms with E-state index in [1.165, 1.54) is 0 Å². The van der Waals surface area contributed by atoms with Crippen molar-refractivity contribution in [1.82, 2.24) is 9.78 Å². The Kier molecular flexibility index (Phi) is 2.61. The number of hydrogen-bond donors (Lipinski definition) is 1. The summed E-state index contributed by atoms with van der Waals surface area (Å²) in [6.45, 7) is 1.99. The Labute approximate surface area is 106 Å². The molecule has 0 aliphatic carbocycles. The number of aromatic nitrogens is 2. The summed E-state index contributed by atoms with van der Waals surface area (Å²) in [4.78, 5) is 0. The average Bonchev–Trinajstić information content (AvgIpc) is 2.82. The molecule has 0 aliphatic heterocycles. The number of nitrogens with two attached hydrogens (primary N) is 1. The third kappa shape index (κ3) is 1.69. The molecule has 3 heteroatoms. The number of rotatable bonds is 2. The standard InChI is InChI=1S/C15H15N3/c1-11(16)13-7-3-5-9-15(13)18-14-8-4-2-6-12(14)10-17-18/h2-11H,16H2,1H3.